The van der Waals surface area contributed by atoms with E-state index in [-0.39, 0.29) is 17.2 Å². The molecule has 1 amide bonds. The molecule has 0 radical (unpaired) electrons. The zero-order valence-corrected chi connectivity index (χ0v) is 17.6. The van der Waals surface area contributed by atoms with Gasteiger partial charge in [-0.1, -0.05) is 12.1 Å². The summed E-state index contributed by atoms with van der Waals surface area (Å²) in [5, 5.41) is 6.62. The van der Waals surface area contributed by atoms with Crippen LogP contribution >= 0.6 is 34.4 Å². The summed E-state index contributed by atoms with van der Waals surface area (Å²) in [7, 11) is 0. The van der Waals surface area contributed by atoms with Gasteiger partial charge in [-0.2, -0.15) is 0 Å². The number of carbonyl (C=O) groups is 1. The van der Waals surface area contributed by atoms with E-state index in [2.05, 4.69) is 15.3 Å². The molecule has 0 spiro atoms. The minimum absolute atomic E-state index is 0.109. The monoisotopic (exact) mass is 444 g/mol. The van der Waals surface area contributed by atoms with Crippen molar-refractivity contribution in [2.24, 2.45) is 0 Å². The lowest BCUT2D eigenvalue weighted by Gasteiger charge is -2.11. The van der Waals surface area contributed by atoms with E-state index < -0.39 is 0 Å². The smallest absolute Gasteiger partial charge is 0.258 e. The predicted molar refractivity (Wildman–Crippen MR) is 117 cm³/mol. The standard InChI is InChI=1S/C19H16N4O3S3/c24-17(11-27-9-13-7-18(25)23-5-6-29-19(23)21-13)22-15-3-1-2-4-16(15)26-8-14-10-28-12-20-14/h1-7,10,12H,8-9,11H2,(H,22,24). The minimum atomic E-state index is -0.145. The molecule has 0 aliphatic heterocycles. The van der Waals surface area contributed by atoms with Crippen molar-refractivity contribution < 1.29 is 9.53 Å². The number of hydrogen-bond donors (Lipinski definition) is 1. The summed E-state index contributed by atoms with van der Waals surface area (Å²) in [5.41, 5.74) is 3.77. The maximum atomic E-state index is 12.3. The summed E-state index contributed by atoms with van der Waals surface area (Å²) in [6.45, 7) is 0.345. The minimum Gasteiger partial charge on any atom is -0.485 e. The van der Waals surface area contributed by atoms with Gasteiger partial charge < -0.3 is 10.1 Å². The van der Waals surface area contributed by atoms with Gasteiger partial charge in [-0.3, -0.25) is 14.0 Å². The van der Waals surface area contributed by atoms with Crippen LogP contribution < -0.4 is 15.6 Å². The number of para-hydroxylation sites is 2. The number of thiazole rings is 2. The van der Waals surface area contributed by atoms with Crippen molar-refractivity contribution in [3.05, 3.63) is 74.5 Å². The normalized spacial score (nSPS) is 10.9. The number of benzene rings is 1. The summed E-state index contributed by atoms with van der Waals surface area (Å²) < 4.78 is 7.29. The molecule has 10 heteroatoms. The summed E-state index contributed by atoms with van der Waals surface area (Å²) >= 11 is 4.32. The van der Waals surface area contributed by atoms with Crippen LogP contribution in [0.4, 0.5) is 5.69 Å². The van der Waals surface area contributed by atoms with E-state index in [0.717, 1.165) is 5.69 Å². The van der Waals surface area contributed by atoms with Crippen LogP contribution in [0.25, 0.3) is 4.96 Å². The molecule has 1 aromatic carbocycles. The molecule has 0 saturated heterocycles. The zero-order chi connectivity index (χ0) is 20.1. The topological polar surface area (TPSA) is 85.6 Å². The number of anilines is 1. The molecule has 148 valence electrons. The molecular formula is C19H16N4O3S3. The third kappa shape index (κ3) is 5.03. The Bertz CT molecular complexity index is 1170. The molecule has 0 bridgehead atoms. The van der Waals surface area contributed by atoms with Gasteiger partial charge in [0.1, 0.15) is 12.4 Å². The molecule has 7 nitrogen and oxygen atoms in total. The van der Waals surface area contributed by atoms with Crippen LogP contribution in [0.15, 0.2) is 57.6 Å². The van der Waals surface area contributed by atoms with E-state index in [9.17, 15) is 9.59 Å². The highest BCUT2D eigenvalue weighted by molar-refractivity contribution is 7.99. The first-order valence-electron chi connectivity index (χ1n) is 8.61. The number of amides is 1. The molecule has 4 aromatic rings. The maximum absolute atomic E-state index is 12.3. The summed E-state index contributed by atoms with van der Waals surface area (Å²) in [6.07, 6.45) is 1.70. The molecule has 0 unspecified atom stereocenters. The van der Waals surface area contributed by atoms with Gasteiger partial charge >= 0.3 is 0 Å². The first kappa shape index (κ1) is 19.6. The molecule has 1 N–H and O–H groups in total. The van der Waals surface area contributed by atoms with Crippen LogP contribution in [0.3, 0.4) is 0 Å². The molecule has 0 aliphatic carbocycles. The van der Waals surface area contributed by atoms with E-state index in [0.29, 0.717) is 34.5 Å². The first-order valence-corrected chi connectivity index (χ1v) is 11.6. The summed E-state index contributed by atoms with van der Waals surface area (Å²) in [6, 6.07) is 8.80. The predicted octanol–water partition coefficient (Wildman–Crippen LogP) is 3.66. The van der Waals surface area contributed by atoms with Crippen molar-refractivity contribution in [3.63, 3.8) is 0 Å². The van der Waals surface area contributed by atoms with Crippen LogP contribution in [-0.4, -0.2) is 26.0 Å². The number of nitrogens with one attached hydrogen (secondary N) is 1. The van der Waals surface area contributed by atoms with Crippen LogP contribution in [0, 0.1) is 0 Å². The highest BCUT2D eigenvalue weighted by atomic mass is 32.2. The van der Waals surface area contributed by atoms with Gasteiger partial charge in [0.2, 0.25) is 5.91 Å². The van der Waals surface area contributed by atoms with Gasteiger partial charge in [0.25, 0.3) is 5.56 Å². The van der Waals surface area contributed by atoms with E-state index >= 15 is 0 Å². The van der Waals surface area contributed by atoms with Crippen molar-refractivity contribution in [3.8, 4) is 5.75 Å². The van der Waals surface area contributed by atoms with Crippen LogP contribution in [0.1, 0.15) is 11.4 Å². The Hall–Kier alpha value is -2.69. The van der Waals surface area contributed by atoms with Crippen molar-refractivity contribution in [2.75, 3.05) is 11.1 Å². The van der Waals surface area contributed by atoms with Gasteiger partial charge in [-0.25, -0.2) is 9.97 Å². The van der Waals surface area contributed by atoms with Crippen molar-refractivity contribution >= 4 is 51.0 Å². The zero-order valence-electron chi connectivity index (χ0n) is 15.1. The quantitative estimate of drug-likeness (QED) is 0.446. The van der Waals surface area contributed by atoms with Gasteiger partial charge in [0, 0.05) is 28.8 Å². The second-order valence-electron chi connectivity index (χ2n) is 5.95. The molecule has 3 heterocycles. The highest BCUT2D eigenvalue weighted by Crippen LogP contribution is 2.25. The number of thioether (sulfide) groups is 1. The third-order valence-electron chi connectivity index (χ3n) is 3.86. The number of nitrogens with zero attached hydrogens (tertiary/aromatic N) is 3. The SMILES string of the molecule is O=C(CSCc1cc(=O)n2ccsc2n1)Nc1ccccc1OCc1cscn1. The molecule has 0 saturated carbocycles. The number of carbonyl (C=O) groups excluding carboxylic acids is 1. The summed E-state index contributed by atoms with van der Waals surface area (Å²) in [4.78, 5) is 33.6. The number of rotatable bonds is 8. The fourth-order valence-electron chi connectivity index (χ4n) is 2.55. The van der Waals surface area contributed by atoms with Crippen LogP contribution in [0.5, 0.6) is 5.75 Å². The molecule has 3 aromatic heterocycles. The molecule has 0 aliphatic rings. The third-order valence-corrected chi connectivity index (χ3v) is 6.22. The van der Waals surface area contributed by atoms with Crippen LogP contribution in [0.2, 0.25) is 0 Å². The van der Waals surface area contributed by atoms with E-state index in [1.165, 1.54) is 44.9 Å². The Kier molecular flexibility index (Phi) is 6.23. The summed E-state index contributed by atoms with van der Waals surface area (Å²) in [5.74, 6) is 1.18. The van der Waals surface area contributed by atoms with E-state index in [1.54, 1.807) is 17.8 Å². The van der Waals surface area contributed by atoms with Gasteiger partial charge in [0.05, 0.1) is 28.3 Å². The first-order chi connectivity index (χ1) is 14.2. The van der Waals surface area contributed by atoms with Gasteiger partial charge in [-0.15, -0.1) is 34.4 Å². The molecule has 4 rings (SSSR count). The maximum Gasteiger partial charge on any atom is 0.258 e. The number of fused-ring (bicyclic) bond motifs is 1. The van der Waals surface area contributed by atoms with Crippen LogP contribution in [-0.2, 0) is 17.2 Å². The van der Waals surface area contributed by atoms with Crippen molar-refractivity contribution in [1.82, 2.24) is 14.4 Å². The largest absolute Gasteiger partial charge is 0.485 e. The average molecular weight is 445 g/mol. The lowest BCUT2D eigenvalue weighted by molar-refractivity contribution is -0.113. The van der Waals surface area contributed by atoms with E-state index in [4.69, 9.17) is 4.74 Å². The van der Waals surface area contributed by atoms with E-state index in [1.807, 2.05) is 29.0 Å². The van der Waals surface area contributed by atoms with Gasteiger partial charge in [-0.05, 0) is 12.1 Å². The fourth-order valence-corrected chi connectivity index (χ4v) is 4.55. The molecule has 0 atom stereocenters. The molecule has 0 fully saturated rings. The number of aromatic nitrogens is 3. The fraction of sp³-hybridized carbons (Fsp3) is 0.158. The lowest BCUT2D eigenvalue weighted by Crippen LogP contribution is -2.16. The number of ether oxygens (including phenoxy) is 1. The second kappa shape index (κ2) is 9.21. The Labute approximate surface area is 178 Å². The van der Waals surface area contributed by atoms with Crippen molar-refractivity contribution in [2.45, 2.75) is 12.4 Å². The molecular weight excluding hydrogens is 428 g/mol. The Morgan fingerprint density at radius 1 is 1.28 bits per heavy atom. The lowest BCUT2D eigenvalue weighted by atomic mass is 10.3. The molecule has 29 heavy (non-hydrogen) atoms. The Morgan fingerprint density at radius 2 is 2.17 bits per heavy atom. The van der Waals surface area contributed by atoms with Crippen molar-refractivity contribution in [1.29, 1.82) is 0 Å². The average Bonchev–Trinajstić information content (AvgIpc) is 3.39. The Morgan fingerprint density at radius 3 is 3.03 bits per heavy atom. The second-order valence-corrected chi connectivity index (χ2v) is 8.52. The highest BCUT2D eigenvalue weighted by Gasteiger charge is 2.10. The number of hydrogen-bond acceptors (Lipinski definition) is 8. The van der Waals surface area contributed by atoms with Gasteiger partial charge in [0.15, 0.2) is 4.96 Å². The Balaban J connectivity index is 1.32.